The summed E-state index contributed by atoms with van der Waals surface area (Å²) in [6.45, 7) is 2.15. The van der Waals surface area contributed by atoms with Crippen molar-refractivity contribution >= 4 is 17.5 Å². The van der Waals surface area contributed by atoms with Gasteiger partial charge in [0.15, 0.2) is 16.8 Å². The quantitative estimate of drug-likeness (QED) is 0.478. The molecular formula is C19H20N4OS. The van der Waals surface area contributed by atoms with E-state index in [1.54, 1.807) is 12.4 Å². The summed E-state index contributed by atoms with van der Waals surface area (Å²) in [5.41, 5.74) is 2.96. The van der Waals surface area contributed by atoms with E-state index in [9.17, 15) is 4.79 Å². The number of hydrogen-bond donors (Lipinski definition) is 0. The molecule has 0 aliphatic rings. The third-order valence-electron chi connectivity index (χ3n) is 3.92. The third kappa shape index (κ3) is 4.14. The lowest BCUT2D eigenvalue weighted by Gasteiger charge is -2.04. The lowest BCUT2D eigenvalue weighted by atomic mass is 10.1. The molecule has 0 spiro atoms. The van der Waals surface area contributed by atoms with Crippen LogP contribution in [0.4, 0.5) is 0 Å². The van der Waals surface area contributed by atoms with Gasteiger partial charge < -0.3 is 4.57 Å². The van der Waals surface area contributed by atoms with Crippen LogP contribution in [0.15, 0.2) is 53.9 Å². The Bertz CT molecular complexity index is 844. The van der Waals surface area contributed by atoms with Gasteiger partial charge in [-0.2, -0.15) is 0 Å². The van der Waals surface area contributed by atoms with Crippen molar-refractivity contribution in [3.05, 3.63) is 59.9 Å². The highest BCUT2D eigenvalue weighted by Crippen LogP contribution is 2.22. The van der Waals surface area contributed by atoms with Gasteiger partial charge >= 0.3 is 0 Å². The van der Waals surface area contributed by atoms with E-state index in [-0.39, 0.29) is 5.78 Å². The molecule has 0 saturated heterocycles. The van der Waals surface area contributed by atoms with E-state index < -0.39 is 0 Å². The summed E-state index contributed by atoms with van der Waals surface area (Å²) in [5, 5.41) is 9.15. The van der Waals surface area contributed by atoms with Gasteiger partial charge in [0.1, 0.15) is 0 Å². The number of carbonyl (C=O) groups is 1. The number of rotatable bonds is 7. The Morgan fingerprint density at radius 3 is 2.48 bits per heavy atom. The predicted octanol–water partition coefficient (Wildman–Crippen LogP) is 3.80. The topological polar surface area (TPSA) is 60.7 Å². The molecule has 0 aliphatic carbocycles. The number of benzene rings is 1. The molecule has 2 aromatic heterocycles. The Morgan fingerprint density at radius 1 is 1.08 bits per heavy atom. The van der Waals surface area contributed by atoms with Crippen LogP contribution in [0.5, 0.6) is 0 Å². The fourth-order valence-corrected chi connectivity index (χ4v) is 3.36. The highest BCUT2D eigenvalue weighted by molar-refractivity contribution is 7.99. The van der Waals surface area contributed by atoms with Crippen LogP contribution in [-0.4, -0.2) is 31.3 Å². The van der Waals surface area contributed by atoms with Crippen molar-refractivity contribution in [1.82, 2.24) is 19.7 Å². The first-order chi connectivity index (χ1) is 12.2. The van der Waals surface area contributed by atoms with Crippen molar-refractivity contribution in [2.24, 2.45) is 7.05 Å². The fourth-order valence-electron chi connectivity index (χ4n) is 2.55. The van der Waals surface area contributed by atoms with Crippen LogP contribution in [0.25, 0.3) is 11.4 Å². The van der Waals surface area contributed by atoms with Crippen LogP contribution in [0.2, 0.25) is 0 Å². The first kappa shape index (κ1) is 17.4. The number of thioether (sulfide) groups is 1. The number of aryl methyl sites for hydroxylation is 1. The van der Waals surface area contributed by atoms with Gasteiger partial charge in [0.05, 0.1) is 5.75 Å². The van der Waals surface area contributed by atoms with Gasteiger partial charge in [-0.3, -0.25) is 9.78 Å². The summed E-state index contributed by atoms with van der Waals surface area (Å²) < 4.78 is 1.90. The average Bonchev–Trinajstić information content (AvgIpc) is 3.02. The Morgan fingerprint density at radius 2 is 1.80 bits per heavy atom. The van der Waals surface area contributed by atoms with Gasteiger partial charge in [0, 0.05) is 30.6 Å². The standard InChI is InChI=1S/C19H20N4OS/c1-3-4-14-5-7-15(8-6-14)17(24)13-25-19-22-21-18(23(19)2)16-9-11-20-12-10-16/h5-12H,3-4,13H2,1-2H3. The number of nitrogens with zero attached hydrogens (tertiary/aromatic N) is 4. The van der Waals surface area contributed by atoms with E-state index in [2.05, 4.69) is 22.1 Å². The Hall–Kier alpha value is -2.47. The van der Waals surface area contributed by atoms with Crippen molar-refractivity contribution in [2.75, 3.05) is 5.75 Å². The molecule has 0 amide bonds. The second kappa shape index (κ2) is 8.07. The maximum absolute atomic E-state index is 12.4. The second-order valence-electron chi connectivity index (χ2n) is 5.76. The van der Waals surface area contributed by atoms with Crippen molar-refractivity contribution in [3.63, 3.8) is 0 Å². The molecule has 0 fully saturated rings. The lowest BCUT2D eigenvalue weighted by molar-refractivity contribution is 0.102. The van der Waals surface area contributed by atoms with Gasteiger partial charge in [0.25, 0.3) is 0 Å². The highest BCUT2D eigenvalue weighted by atomic mass is 32.2. The fraction of sp³-hybridized carbons (Fsp3) is 0.263. The van der Waals surface area contributed by atoms with Gasteiger partial charge in [-0.05, 0) is 24.1 Å². The summed E-state index contributed by atoms with van der Waals surface area (Å²) in [6, 6.07) is 11.7. The van der Waals surface area contributed by atoms with Gasteiger partial charge in [0.2, 0.25) is 0 Å². The smallest absolute Gasteiger partial charge is 0.191 e. The molecule has 3 aromatic rings. The zero-order valence-electron chi connectivity index (χ0n) is 14.3. The summed E-state index contributed by atoms with van der Waals surface area (Å²) in [4.78, 5) is 16.4. The minimum atomic E-state index is 0.0986. The number of pyridine rings is 1. The molecule has 0 bridgehead atoms. The van der Waals surface area contributed by atoms with Crippen LogP contribution < -0.4 is 0 Å². The van der Waals surface area contributed by atoms with Gasteiger partial charge in [-0.15, -0.1) is 10.2 Å². The molecule has 0 unspecified atom stereocenters. The normalized spacial score (nSPS) is 10.8. The molecular weight excluding hydrogens is 332 g/mol. The largest absolute Gasteiger partial charge is 0.305 e. The number of carbonyl (C=O) groups excluding carboxylic acids is 1. The van der Waals surface area contributed by atoms with Crippen LogP contribution in [0.1, 0.15) is 29.3 Å². The summed E-state index contributed by atoms with van der Waals surface area (Å²) in [7, 11) is 1.90. The number of aromatic nitrogens is 4. The van der Waals surface area contributed by atoms with Crippen molar-refractivity contribution in [2.45, 2.75) is 24.9 Å². The second-order valence-corrected chi connectivity index (χ2v) is 6.70. The zero-order chi connectivity index (χ0) is 17.6. The lowest BCUT2D eigenvalue weighted by Crippen LogP contribution is -2.04. The van der Waals surface area contributed by atoms with Crippen LogP contribution in [-0.2, 0) is 13.5 Å². The molecule has 0 N–H and O–H groups in total. The van der Waals surface area contributed by atoms with Crippen molar-refractivity contribution < 1.29 is 4.79 Å². The van der Waals surface area contributed by atoms with E-state index in [1.165, 1.54) is 17.3 Å². The SMILES string of the molecule is CCCc1ccc(C(=O)CSc2nnc(-c3ccncc3)n2C)cc1. The number of Topliss-reactive ketones (excluding diaryl/α,β-unsaturated/α-hetero) is 1. The molecule has 0 radical (unpaired) electrons. The third-order valence-corrected chi connectivity index (χ3v) is 4.94. The Kier molecular flexibility index (Phi) is 5.60. The molecule has 2 heterocycles. The van der Waals surface area contributed by atoms with Crippen LogP contribution in [0, 0.1) is 0 Å². The summed E-state index contributed by atoms with van der Waals surface area (Å²) >= 11 is 1.40. The van der Waals surface area contributed by atoms with Crippen molar-refractivity contribution in [1.29, 1.82) is 0 Å². The Labute approximate surface area is 151 Å². The molecule has 5 nitrogen and oxygen atoms in total. The Balaban J connectivity index is 1.65. The molecule has 1 aromatic carbocycles. The highest BCUT2D eigenvalue weighted by Gasteiger charge is 2.13. The molecule has 128 valence electrons. The number of ketones is 1. The summed E-state index contributed by atoms with van der Waals surface area (Å²) in [5.74, 6) is 1.21. The van der Waals surface area contributed by atoms with Crippen molar-refractivity contribution in [3.8, 4) is 11.4 Å². The van der Waals surface area contributed by atoms with Gasteiger partial charge in [-0.25, -0.2) is 0 Å². The maximum atomic E-state index is 12.4. The monoisotopic (exact) mass is 352 g/mol. The minimum Gasteiger partial charge on any atom is -0.305 e. The molecule has 0 aliphatic heterocycles. The molecule has 25 heavy (non-hydrogen) atoms. The van der Waals surface area contributed by atoms with E-state index in [0.717, 1.165) is 34.9 Å². The predicted molar refractivity (Wildman–Crippen MR) is 99.7 cm³/mol. The molecule has 0 saturated carbocycles. The van der Waals surface area contributed by atoms with Crippen LogP contribution in [0.3, 0.4) is 0 Å². The first-order valence-corrected chi connectivity index (χ1v) is 9.22. The van der Waals surface area contributed by atoms with E-state index in [0.29, 0.717) is 5.75 Å². The van der Waals surface area contributed by atoms with Gasteiger partial charge in [-0.1, -0.05) is 49.4 Å². The maximum Gasteiger partial charge on any atom is 0.191 e. The first-order valence-electron chi connectivity index (χ1n) is 8.23. The van der Waals surface area contributed by atoms with E-state index >= 15 is 0 Å². The zero-order valence-corrected chi connectivity index (χ0v) is 15.2. The molecule has 0 atom stereocenters. The average molecular weight is 352 g/mol. The summed E-state index contributed by atoms with van der Waals surface area (Å²) in [6.07, 6.45) is 5.60. The van der Waals surface area contributed by atoms with Crippen LogP contribution >= 0.6 is 11.8 Å². The molecule has 6 heteroatoms. The van der Waals surface area contributed by atoms with E-state index in [1.807, 2.05) is 48.0 Å². The number of hydrogen-bond acceptors (Lipinski definition) is 5. The molecule has 3 rings (SSSR count). The van der Waals surface area contributed by atoms with E-state index in [4.69, 9.17) is 0 Å². The minimum absolute atomic E-state index is 0.0986.